The molecule has 0 aliphatic heterocycles. The fraction of sp³-hybridized carbons (Fsp3) is 0.294. The van der Waals surface area contributed by atoms with Crippen molar-refractivity contribution < 1.29 is 0 Å². The largest absolute Gasteiger partial charge is 0.306 e. The predicted octanol–water partition coefficient (Wildman–Crippen LogP) is 4.24. The molecule has 2 aromatic carbocycles. The van der Waals surface area contributed by atoms with Crippen LogP contribution in [0.3, 0.4) is 0 Å². The Hall–Kier alpha value is -1.60. The molecule has 0 bridgehead atoms. The van der Waals surface area contributed by atoms with Gasteiger partial charge in [0.05, 0.1) is 0 Å². The monoisotopic (exact) mass is 239 g/mol. The van der Waals surface area contributed by atoms with Gasteiger partial charge in [0, 0.05) is 12.6 Å². The first-order valence-electron chi connectivity index (χ1n) is 6.64. The summed E-state index contributed by atoms with van der Waals surface area (Å²) in [7, 11) is 0. The minimum atomic E-state index is 0.436. The number of hydrogen-bond donors (Lipinski definition) is 1. The van der Waals surface area contributed by atoms with Crippen molar-refractivity contribution in [2.45, 2.75) is 32.9 Å². The third-order valence-corrected chi connectivity index (χ3v) is 3.41. The van der Waals surface area contributed by atoms with Crippen LogP contribution in [0.5, 0.6) is 0 Å². The Morgan fingerprint density at radius 3 is 2.28 bits per heavy atom. The van der Waals surface area contributed by atoms with Gasteiger partial charge in [-0.2, -0.15) is 0 Å². The maximum absolute atomic E-state index is 3.64. The van der Waals surface area contributed by atoms with Crippen molar-refractivity contribution in [2.75, 3.05) is 0 Å². The Labute approximate surface area is 110 Å². The first-order valence-corrected chi connectivity index (χ1v) is 6.64. The summed E-state index contributed by atoms with van der Waals surface area (Å²) in [5.41, 5.74) is 4.10. The van der Waals surface area contributed by atoms with Crippen molar-refractivity contribution in [1.29, 1.82) is 0 Å². The lowest BCUT2D eigenvalue weighted by Crippen LogP contribution is -2.20. The quantitative estimate of drug-likeness (QED) is 0.823. The molecule has 0 spiro atoms. The van der Waals surface area contributed by atoms with Crippen molar-refractivity contribution in [2.24, 2.45) is 0 Å². The van der Waals surface area contributed by atoms with Crippen LogP contribution in [0, 0.1) is 6.92 Å². The first kappa shape index (κ1) is 12.8. The molecule has 2 rings (SSSR count). The average Bonchev–Trinajstić information content (AvgIpc) is 2.42. The van der Waals surface area contributed by atoms with E-state index in [1.165, 1.54) is 16.7 Å². The number of aryl methyl sites for hydroxylation is 1. The van der Waals surface area contributed by atoms with E-state index in [-0.39, 0.29) is 0 Å². The van der Waals surface area contributed by atoms with Crippen LogP contribution in [0.1, 0.15) is 36.1 Å². The fourth-order valence-corrected chi connectivity index (χ4v) is 2.22. The molecule has 1 N–H and O–H groups in total. The second kappa shape index (κ2) is 6.36. The number of nitrogens with one attached hydrogen (secondary N) is 1. The standard InChI is InChI=1S/C17H21N/c1-3-17(15-10-5-4-6-11-15)18-13-16-12-8-7-9-14(16)2/h4-12,17-18H,3,13H2,1-2H3. The lowest BCUT2D eigenvalue weighted by molar-refractivity contribution is 0.518. The van der Waals surface area contributed by atoms with Gasteiger partial charge in [-0.05, 0) is 30.0 Å². The van der Waals surface area contributed by atoms with Crippen molar-refractivity contribution in [3.63, 3.8) is 0 Å². The van der Waals surface area contributed by atoms with E-state index in [0.717, 1.165) is 13.0 Å². The molecule has 0 aromatic heterocycles. The van der Waals surface area contributed by atoms with Gasteiger partial charge in [-0.1, -0.05) is 61.5 Å². The van der Waals surface area contributed by atoms with Crippen LogP contribution in [0.4, 0.5) is 0 Å². The highest BCUT2D eigenvalue weighted by Gasteiger charge is 2.08. The molecule has 0 radical (unpaired) electrons. The summed E-state index contributed by atoms with van der Waals surface area (Å²) < 4.78 is 0. The zero-order valence-corrected chi connectivity index (χ0v) is 11.2. The lowest BCUT2D eigenvalue weighted by atomic mass is 10.0. The molecule has 1 atom stereocenters. The van der Waals surface area contributed by atoms with Crippen molar-refractivity contribution in [3.05, 3.63) is 71.3 Å². The van der Waals surface area contributed by atoms with Crippen LogP contribution >= 0.6 is 0 Å². The molecule has 1 heteroatoms. The van der Waals surface area contributed by atoms with E-state index in [1.54, 1.807) is 0 Å². The molecule has 0 saturated heterocycles. The van der Waals surface area contributed by atoms with E-state index in [1.807, 2.05) is 0 Å². The van der Waals surface area contributed by atoms with Crippen LogP contribution in [0.15, 0.2) is 54.6 Å². The lowest BCUT2D eigenvalue weighted by Gasteiger charge is -2.18. The molecule has 18 heavy (non-hydrogen) atoms. The molecule has 0 fully saturated rings. The normalized spacial score (nSPS) is 12.3. The van der Waals surface area contributed by atoms with Gasteiger partial charge in [-0.25, -0.2) is 0 Å². The summed E-state index contributed by atoms with van der Waals surface area (Å²) in [6.45, 7) is 5.32. The van der Waals surface area contributed by atoms with Gasteiger partial charge in [-0.3, -0.25) is 0 Å². The van der Waals surface area contributed by atoms with E-state index in [4.69, 9.17) is 0 Å². The average molecular weight is 239 g/mol. The minimum Gasteiger partial charge on any atom is -0.306 e. The van der Waals surface area contributed by atoms with Gasteiger partial charge >= 0.3 is 0 Å². The Morgan fingerprint density at radius 1 is 0.944 bits per heavy atom. The highest BCUT2D eigenvalue weighted by Crippen LogP contribution is 2.17. The molecule has 0 aliphatic carbocycles. The van der Waals surface area contributed by atoms with E-state index in [9.17, 15) is 0 Å². The molecule has 2 aromatic rings. The van der Waals surface area contributed by atoms with Crippen molar-refractivity contribution in [3.8, 4) is 0 Å². The fourth-order valence-electron chi connectivity index (χ4n) is 2.22. The van der Waals surface area contributed by atoms with Crippen LogP contribution in [-0.4, -0.2) is 0 Å². The van der Waals surface area contributed by atoms with Crippen LogP contribution in [-0.2, 0) is 6.54 Å². The van der Waals surface area contributed by atoms with Gasteiger partial charge in [0.25, 0.3) is 0 Å². The predicted molar refractivity (Wildman–Crippen MR) is 77.5 cm³/mol. The van der Waals surface area contributed by atoms with E-state index in [0.29, 0.717) is 6.04 Å². The summed E-state index contributed by atoms with van der Waals surface area (Å²) in [5, 5.41) is 3.64. The molecule has 0 aliphatic rings. The van der Waals surface area contributed by atoms with E-state index >= 15 is 0 Å². The smallest absolute Gasteiger partial charge is 0.0320 e. The highest BCUT2D eigenvalue weighted by atomic mass is 14.9. The Kier molecular flexibility index (Phi) is 4.54. The molecule has 0 saturated carbocycles. The van der Waals surface area contributed by atoms with Crippen LogP contribution in [0.25, 0.3) is 0 Å². The van der Waals surface area contributed by atoms with Crippen molar-refractivity contribution >= 4 is 0 Å². The van der Waals surface area contributed by atoms with E-state index in [2.05, 4.69) is 73.8 Å². The minimum absolute atomic E-state index is 0.436. The third-order valence-electron chi connectivity index (χ3n) is 3.41. The van der Waals surface area contributed by atoms with Crippen LogP contribution < -0.4 is 5.32 Å². The molecular formula is C17H21N. The Balaban J connectivity index is 2.02. The second-order valence-electron chi connectivity index (χ2n) is 4.68. The molecule has 1 unspecified atom stereocenters. The maximum Gasteiger partial charge on any atom is 0.0320 e. The topological polar surface area (TPSA) is 12.0 Å². The van der Waals surface area contributed by atoms with Gasteiger partial charge in [0.2, 0.25) is 0 Å². The SMILES string of the molecule is CCC(NCc1ccccc1C)c1ccccc1. The molecule has 1 nitrogen and oxygen atoms in total. The summed E-state index contributed by atoms with van der Waals surface area (Å²) in [4.78, 5) is 0. The Bertz CT molecular complexity index is 476. The Morgan fingerprint density at radius 2 is 1.61 bits per heavy atom. The molecular weight excluding hydrogens is 218 g/mol. The maximum atomic E-state index is 3.64. The third kappa shape index (κ3) is 3.21. The van der Waals surface area contributed by atoms with Crippen molar-refractivity contribution in [1.82, 2.24) is 5.32 Å². The zero-order valence-electron chi connectivity index (χ0n) is 11.2. The second-order valence-corrected chi connectivity index (χ2v) is 4.68. The number of rotatable bonds is 5. The molecule has 0 heterocycles. The zero-order chi connectivity index (χ0) is 12.8. The highest BCUT2D eigenvalue weighted by molar-refractivity contribution is 5.26. The summed E-state index contributed by atoms with van der Waals surface area (Å²) in [6, 6.07) is 19.7. The number of hydrogen-bond acceptors (Lipinski definition) is 1. The summed E-state index contributed by atoms with van der Waals surface area (Å²) in [5.74, 6) is 0. The van der Waals surface area contributed by atoms with Gasteiger partial charge in [0.1, 0.15) is 0 Å². The molecule has 0 amide bonds. The number of benzene rings is 2. The van der Waals surface area contributed by atoms with Crippen LogP contribution in [0.2, 0.25) is 0 Å². The first-order chi connectivity index (χ1) is 8.81. The van der Waals surface area contributed by atoms with Gasteiger partial charge in [0.15, 0.2) is 0 Å². The molecule has 94 valence electrons. The summed E-state index contributed by atoms with van der Waals surface area (Å²) >= 11 is 0. The summed E-state index contributed by atoms with van der Waals surface area (Å²) in [6.07, 6.45) is 1.11. The van der Waals surface area contributed by atoms with Gasteiger partial charge < -0.3 is 5.32 Å². The van der Waals surface area contributed by atoms with Gasteiger partial charge in [-0.15, -0.1) is 0 Å². The van der Waals surface area contributed by atoms with E-state index < -0.39 is 0 Å².